The summed E-state index contributed by atoms with van der Waals surface area (Å²) in [5.74, 6) is 5.11. The molecule has 0 saturated carbocycles. The van der Waals surface area contributed by atoms with E-state index in [2.05, 4.69) is 10.4 Å². The maximum Gasteiger partial charge on any atom is 0.0853 e. The molecule has 0 unspecified atom stereocenters. The first-order valence-corrected chi connectivity index (χ1v) is 2.89. The van der Waals surface area contributed by atoms with Gasteiger partial charge in [0, 0.05) is 6.20 Å². The molecule has 4 heteroatoms. The second-order valence-corrected chi connectivity index (χ2v) is 1.84. The Labute approximate surface area is 58.7 Å². The van der Waals surface area contributed by atoms with Crippen LogP contribution in [0.25, 0.3) is 0 Å². The molecule has 0 spiro atoms. The summed E-state index contributed by atoms with van der Waals surface area (Å²) >= 11 is 0. The third-order valence-corrected chi connectivity index (χ3v) is 1.15. The van der Waals surface area contributed by atoms with Crippen molar-refractivity contribution in [2.24, 2.45) is 5.84 Å². The Balaban J connectivity index is 2.87. The van der Waals surface area contributed by atoms with E-state index in [1.165, 1.54) is 0 Å². The standard InChI is InChI=1S/C6H9N3O/c7-9-5-1-2-8-6(3-5)4-10/h1-3,10H,4,7H2,(H,8,9). The Bertz CT molecular complexity index is 195. The van der Waals surface area contributed by atoms with E-state index in [0.29, 0.717) is 5.69 Å². The number of nitrogens with zero attached hydrogens (tertiary/aromatic N) is 1. The Morgan fingerprint density at radius 2 is 2.50 bits per heavy atom. The van der Waals surface area contributed by atoms with Crippen LogP contribution in [0.15, 0.2) is 18.3 Å². The fraction of sp³-hybridized carbons (Fsp3) is 0.167. The molecule has 0 fully saturated rings. The first-order valence-electron chi connectivity index (χ1n) is 2.89. The van der Waals surface area contributed by atoms with Gasteiger partial charge >= 0.3 is 0 Å². The maximum absolute atomic E-state index is 8.63. The van der Waals surface area contributed by atoms with Gasteiger partial charge in [0.15, 0.2) is 0 Å². The number of hydrazine groups is 1. The van der Waals surface area contributed by atoms with Crippen LogP contribution in [0.5, 0.6) is 0 Å². The maximum atomic E-state index is 8.63. The highest BCUT2D eigenvalue weighted by Crippen LogP contribution is 2.04. The van der Waals surface area contributed by atoms with Gasteiger partial charge < -0.3 is 10.5 Å². The van der Waals surface area contributed by atoms with Crippen LogP contribution >= 0.6 is 0 Å². The van der Waals surface area contributed by atoms with E-state index in [1.807, 2.05) is 0 Å². The van der Waals surface area contributed by atoms with Gasteiger partial charge in [0.05, 0.1) is 18.0 Å². The number of aliphatic hydroxyl groups is 1. The predicted octanol–water partition coefficient (Wildman–Crippen LogP) is -0.141. The predicted molar refractivity (Wildman–Crippen MR) is 38.0 cm³/mol. The molecular formula is C6H9N3O. The van der Waals surface area contributed by atoms with Gasteiger partial charge in [-0.2, -0.15) is 0 Å². The summed E-state index contributed by atoms with van der Waals surface area (Å²) in [6, 6.07) is 3.40. The van der Waals surface area contributed by atoms with Crippen molar-refractivity contribution in [1.29, 1.82) is 0 Å². The van der Waals surface area contributed by atoms with Crippen molar-refractivity contribution >= 4 is 5.69 Å². The lowest BCUT2D eigenvalue weighted by atomic mass is 10.3. The van der Waals surface area contributed by atoms with E-state index < -0.39 is 0 Å². The highest BCUT2D eigenvalue weighted by atomic mass is 16.3. The Morgan fingerprint density at radius 3 is 3.10 bits per heavy atom. The van der Waals surface area contributed by atoms with Crippen LogP contribution in [0, 0.1) is 0 Å². The van der Waals surface area contributed by atoms with E-state index >= 15 is 0 Å². The topological polar surface area (TPSA) is 71.2 Å². The van der Waals surface area contributed by atoms with Gasteiger partial charge in [-0.05, 0) is 12.1 Å². The van der Waals surface area contributed by atoms with E-state index in [0.717, 1.165) is 5.69 Å². The van der Waals surface area contributed by atoms with Crippen LogP contribution in [0.4, 0.5) is 5.69 Å². The van der Waals surface area contributed by atoms with Crippen LogP contribution in [0.3, 0.4) is 0 Å². The van der Waals surface area contributed by atoms with Gasteiger partial charge in [0.2, 0.25) is 0 Å². The third-order valence-electron chi connectivity index (χ3n) is 1.15. The average molecular weight is 139 g/mol. The number of aliphatic hydroxyl groups excluding tert-OH is 1. The largest absolute Gasteiger partial charge is 0.390 e. The number of anilines is 1. The van der Waals surface area contributed by atoms with Crippen LogP contribution in [0.2, 0.25) is 0 Å². The molecule has 0 aliphatic rings. The number of nitrogens with two attached hydrogens (primary N) is 1. The summed E-state index contributed by atoms with van der Waals surface area (Å²) in [5, 5.41) is 8.63. The van der Waals surface area contributed by atoms with Crippen molar-refractivity contribution in [1.82, 2.24) is 4.98 Å². The molecular weight excluding hydrogens is 130 g/mol. The first kappa shape index (κ1) is 6.98. The second-order valence-electron chi connectivity index (χ2n) is 1.84. The van der Waals surface area contributed by atoms with Gasteiger partial charge in [-0.25, -0.2) is 0 Å². The molecule has 0 atom stereocenters. The monoisotopic (exact) mass is 139 g/mol. The van der Waals surface area contributed by atoms with E-state index in [1.54, 1.807) is 18.3 Å². The summed E-state index contributed by atoms with van der Waals surface area (Å²) in [6.07, 6.45) is 1.58. The van der Waals surface area contributed by atoms with Crippen molar-refractivity contribution in [2.75, 3.05) is 5.43 Å². The molecule has 0 aliphatic heterocycles. The number of nitrogen functional groups attached to an aromatic ring is 1. The van der Waals surface area contributed by atoms with Crippen molar-refractivity contribution in [3.05, 3.63) is 24.0 Å². The summed E-state index contributed by atoms with van der Waals surface area (Å²) in [5.41, 5.74) is 3.81. The van der Waals surface area contributed by atoms with E-state index in [4.69, 9.17) is 10.9 Å². The number of rotatable bonds is 2. The lowest BCUT2D eigenvalue weighted by molar-refractivity contribution is 0.277. The SMILES string of the molecule is NNc1ccnc(CO)c1. The van der Waals surface area contributed by atoms with Crippen molar-refractivity contribution < 1.29 is 5.11 Å². The van der Waals surface area contributed by atoms with Gasteiger partial charge in [-0.15, -0.1) is 0 Å². The van der Waals surface area contributed by atoms with E-state index in [-0.39, 0.29) is 6.61 Å². The number of nitrogens with one attached hydrogen (secondary N) is 1. The molecule has 10 heavy (non-hydrogen) atoms. The fourth-order valence-corrected chi connectivity index (χ4v) is 0.654. The molecule has 0 bridgehead atoms. The second kappa shape index (κ2) is 3.14. The summed E-state index contributed by atoms with van der Waals surface area (Å²) in [6.45, 7) is -0.0600. The molecule has 4 N–H and O–H groups in total. The van der Waals surface area contributed by atoms with Crippen LogP contribution in [-0.4, -0.2) is 10.1 Å². The van der Waals surface area contributed by atoms with E-state index in [9.17, 15) is 0 Å². The zero-order chi connectivity index (χ0) is 7.40. The molecule has 1 aromatic rings. The Hall–Kier alpha value is -1.13. The Morgan fingerprint density at radius 1 is 1.70 bits per heavy atom. The molecule has 0 aliphatic carbocycles. The molecule has 0 saturated heterocycles. The molecule has 0 amide bonds. The van der Waals surface area contributed by atoms with Gasteiger partial charge in [-0.1, -0.05) is 0 Å². The normalized spacial score (nSPS) is 9.40. The quantitative estimate of drug-likeness (QED) is 0.394. The van der Waals surface area contributed by atoms with Crippen LogP contribution in [0.1, 0.15) is 5.69 Å². The zero-order valence-electron chi connectivity index (χ0n) is 5.41. The average Bonchev–Trinajstić information content (AvgIpc) is 2.05. The smallest absolute Gasteiger partial charge is 0.0853 e. The molecule has 1 rings (SSSR count). The van der Waals surface area contributed by atoms with Gasteiger partial charge in [-0.3, -0.25) is 10.8 Å². The number of hydrogen-bond acceptors (Lipinski definition) is 4. The minimum Gasteiger partial charge on any atom is -0.390 e. The lowest BCUT2D eigenvalue weighted by Gasteiger charge is -1.99. The number of aromatic nitrogens is 1. The van der Waals surface area contributed by atoms with Crippen molar-refractivity contribution in [3.8, 4) is 0 Å². The van der Waals surface area contributed by atoms with Crippen LogP contribution < -0.4 is 11.3 Å². The van der Waals surface area contributed by atoms with Gasteiger partial charge in [0.1, 0.15) is 0 Å². The Kier molecular flexibility index (Phi) is 2.20. The molecule has 1 aromatic heterocycles. The third kappa shape index (κ3) is 1.43. The molecule has 1 heterocycles. The summed E-state index contributed by atoms with van der Waals surface area (Å²) in [7, 11) is 0. The zero-order valence-corrected chi connectivity index (χ0v) is 5.41. The first-order chi connectivity index (χ1) is 4.86. The van der Waals surface area contributed by atoms with Gasteiger partial charge in [0.25, 0.3) is 0 Å². The summed E-state index contributed by atoms with van der Waals surface area (Å²) < 4.78 is 0. The number of pyridine rings is 1. The van der Waals surface area contributed by atoms with Crippen molar-refractivity contribution in [3.63, 3.8) is 0 Å². The minimum atomic E-state index is -0.0600. The minimum absolute atomic E-state index is 0.0600. The highest BCUT2D eigenvalue weighted by molar-refractivity contribution is 5.41. The highest BCUT2D eigenvalue weighted by Gasteiger charge is 1.91. The molecule has 4 nitrogen and oxygen atoms in total. The molecule has 0 radical (unpaired) electrons. The fourth-order valence-electron chi connectivity index (χ4n) is 0.654. The van der Waals surface area contributed by atoms with Crippen LogP contribution in [-0.2, 0) is 6.61 Å². The molecule has 0 aromatic carbocycles. The lowest BCUT2D eigenvalue weighted by Crippen LogP contribution is -2.07. The summed E-state index contributed by atoms with van der Waals surface area (Å²) in [4.78, 5) is 3.86. The van der Waals surface area contributed by atoms with Crippen molar-refractivity contribution in [2.45, 2.75) is 6.61 Å². The molecule has 54 valence electrons. The number of hydrogen-bond donors (Lipinski definition) is 3.